The lowest BCUT2D eigenvalue weighted by Gasteiger charge is -2.39. The number of benzene rings is 1. The van der Waals surface area contributed by atoms with Crippen LogP contribution in [0.2, 0.25) is 0 Å². The second-order valence-electron chi connectivity index (χ2n) is 6.17. The first kappa shape index (κ1) is 16.6. The fraction of sp³-hybridized carbons (Fsp3) is 0.647. The number of halogens is 1. The average Bonchev–Trinajstić information content (AvgIpc) is 2.48. The van der Waals surface area contributed by atoms with E-state index in [0.29, 0.717) is 6.54 Å². The smallest absolute Gasteiger partial charge is 0.166 e. The van der Waals surface area contributed by atoms with Crippen LogP contribution in [0.3, 0.4) is 0 Å². The first-order valence-electron chi connectivity index (χ1n) is 7.78. The topological polar surface area (TPSA) is 44.5 Å². The molecule has 1 saturated carbocycles. The van der Waals surface area contributed by atoms with Gasteiger partial charge in [-0.15, -0.1) is 0 Å². The molecule has 0 amide bonds. The molecular formula is C17H26BrNO2. The molecule has 0 heterocycles. The van der Waals surface area contributed by atoms with Gasteiger partial charge in [0.2, 0.25) is 0 Å². The van der Waals surface area contributed by atoms with Crippen LogP contribution in [0.4, 0.5) is 0 Å². The van der Waals surface area contributed by atoms with E-state index >= 15 is 0 Å². The Balaban J connectivity index is 2.58. The van der Waals surface area contributed by atoms with Crippen LogP contribution >= 0.6 is 15.9 Å². The molecule has 0 aromatic heterocycles. The SMILES string of the molecule is COc1ccc(Br)c(C2(CN)CCCCC2)c1OC(C)C. The molecule has 4 heteroatoms. The summed E-state index contributed by atoms with van der Waals surface area (Å²) in [4.78, 5) is 0. The highest BCUT2D eigenvalue weighted by molar-refractivity contribution is 9.10. The van der Waals surface area contributed by atoms with Crippen LogP contribution in [0.5, 0.6) is 11.5 Å². The van der Waals surface area contributed by atoms with Gasteiger partial charge in [-0.2, -0.15) is 0 Å². The van der Waals surface area contributed by atoms with Gasteiger partial charge in [0.25, 0.3) is 0 Å². The lowest BCUT2D eigenvalue weighted by molar-refractivity contribution is 0.213. The number of methoxy groups -OCH3 is 1. The molecule has 0 atom stereocenters. The Morgan fingerprint density at radius 2 is 1.90 bits per heavy atom. The zero-order valence-electron chi connectivity index (χ0n) is 13.2. The van der Waals surface area contributed by atoms with Crippen LogP contribution in [0.1, 0.15) is 51.5 Å². The zero-order chi connectivity index (χ0) is 15.5. The maximum atomic E-state index is 6.21. The number of nitrogens with two attached hydrogens (primary N) is 1. The van der Waals surface area contributed by atoms with E-state index in [2.05, 4.69) is 15.9 Å². The first-order valence-corrected chi connectivity index (χ1v) is 8.57. The maximum absolute atomic E-state index is 6.21. The molecule has 2 rings (SSSR count). The molecule has 118 valence electrons. The second kappa shape index (κ2) is 7.01. The van der Waals surface area contributed by atoms with Gasteiger partial charge in [0, 0.05) is 22.0 Å². The van der Waals surface area contributed by atoms with Gasteiger partial charge in [-0.1, -0.05) is 35.2 Å². The lowest BCUT2D eigenvalue weighted by atomic mass is 9.69. The third kappa shape index (κ3) is 3.37. The van der Waals surface area contributed by atoms with Gasteiger partial charge in [-0.25, -0.2) is 0 Å². The highest BCUT2D eigenvalue weighted by Crippen LogP contribution is 2.49. The van der Waals surface area contributed by atoms with Crippen LogP contribution in [0.25, 0.3) is 0 Å². The van der Waals surface area contributed by atoms with E-state index in [1.54, 1.807) is 7.11 Å². The fourth-order valence-corrected chi connectivity index (χ4v) is 4.06. The minimum Gasteiger partial charge on any atom is -0.493 e. The Bertz CT molecular complexity index is 482. The van der Waals surface area contributed by atoms with Gasteiger partial charge in [0.05, 0.1) is 13.2 Å². The van der Waals surface area contributed by atoms with Crippen molar-refractivity contribution in [2.75, 3.05) is 13.7 Å². The van der Waals surface area contributed by atoms with E-state index < -0.39 is 0 Å². The monoisotopic (exact) mass is 355 g/mol. The highest BCUT2D eigenvalue weighted by atomic mass is 79.9. The van der Waals surface area contributed by atoms with E-state index in [1.807, 2.05) is 26.0 Å². The lowest BCUT2D eigenvalue weighted by Crippen LogP contribution is -2.38. The van der Waals surface area contributed by atoms with Crippen LogP contribution in [0.15, 0.2) is 16.6 Å². The molecule has 1 aromatic carbocycles. The molecule has 0 bridgehead atoms. The summed E-state index contributed by atoms with van der Waals surface area (Å²) in [6.45, 7) is 4.73. The molecule has 2 N–H and O–H groups in total. The van der Waals surface area contributed by atoms with E-state index in [1.165, 1.54) is 24.8 Å². The van der Waals surface area contributed by atoms with E-state index in [0.717, 1.165) is 28.8 Å². The molecule has 0 radical (unpaired) electrons. The number of ether oxygens (including phenoxy) is 2. The molecule has 3 nitrogen and oxygen atoms in total. The Morgan fingerprint density at radius 3 is 2.43 bits per heavy atom. The third-order valence-electron chi connectivity index (χ3n) is 4.38. The van der Waals surface area contributed by atoms with Crippen molar-refractivity contribution in [2.24, 2.45) is 5.73 Å². The number of hydrogen-bond donors (Lipinski definition) is 1. The van der Waals surface area contributed by atoms with Gasteiger partial charge in [0.1, 0.15) is 0 Å². The standard InChI is InChI=1S/C17H26BrNO2/c1-12(2)21-16-14(20-3)8-7-13(18)15(16)17(11-19)9-5-4-6-10-17/h7-8,12H,4-6,9-11,19H2,1-3H3. The minimum absolute atomic E-state index is 0.00412. The molecule has 1 aliphatic carbocycles. The first-order chi connectivity index (χ1) is 10.0. The highest BCUT2D eigenvalue weighted by Gasteiger charge is 2.38. The second-order valence-corrected chi connectivity index (χ2v) is 7.02. The molecule has 0 saturated heterocycles. The van der Waals surface area contributed by atoms with Crippen molar-refractivity contribution in [1.82, 2.24) is 0 Å². The van der Waals surface area contributed by atoms with E-state index in [4.69, 9.17) is 15.2 Å². The van der Waals surface area contributed by atoms with Gasteiger partial charge < -0.3 is 15.2 Å². The predicted molar refractivity (Wildman–Crippen MR) is 90.3 cm³/mol. The Labute approximate surface area is 136 Å². The summed E-state index contributed by atoms with van der Waals surface area (Å²) in [5.41, 5.74) is 7.40. The quantitative estimate of drug-likeness (QED) is 0.850. The van der Waals surface area contributed by atoms with Gasteiger partial charge >= 0.3 is 0 Å². The normalized spacial score (nSPS) is 17.8. The van der Waals surface area contributed by atoms with Crippen molar-refractivity contribution < 1.29 is 9.47 Å². The van der Waals surface area contributed by atoms with Gasteiger partial charge in [0.15, 0.2) is 11.5 Å². The largest absolute Gasteiger partial charge is 0.493 e. The molecule has 0 unspecified atom stereocenters. The minimum atomic E-state index is -0.00412. The molecule has 1 fully saturated rings. The van der Waals surface area contributed by atoms with Crippen molar-refractivity contribution in [3.8, 4) is 11.5 Å². The van der Waals surface area contributed by atoms with Crippen LogP contribution in [-0.2, 0) is 5.41 Å². The summed E-state index contributed by atoms with van der Waals surface area (Å²) in [5.74, 6) is 1.65. The maximum Gasteiger partial charge on any atom is 0.166 e. The summed E-state index contributed by atoms with van der Waals surface area (Å²) in [5, 5.41) is 0. The predicted octanol–water partition coefficient (Wildman–Crippen LogP) is 4.41. The van der Waals surface area contributed by atoms with Gasteiger partial charge in [-0.3, -0.25) is 0 Å². The van der Waals surface area contributed by atoms with Crippen molar-refractivity contribution in [2.45, 2.75) is 57.5 Å². The molecular weight excluding hydrogens is 330 g/mol. The molecule has 0 aliphatic heterocycles. The Morgan fingerprint density at radius 1 is 1.24 bits per heavy atom. The molecule has 21 heavy (non-hydrogen) atoms. The van der Waals surface area contributed by atoms with Crippen LogP contribution in [-0.4, -0.2) is 19.8 Å². The number of rotatable bonds is 5. The Kier molecular flexibility index (Phi) is 5.55. The third-order valence-corrected chi connectivity index (χ3v) is 5.04. The van der Waals surface area contributed by atoms with Crippen molar-refractivity contribution in [1.29, 1.82) is 0 Å². The average molecular weight is 356 g/mol. The van der Waals surface area contributed by atoms with Crippen molar-refractivity contribution in [3.05, 3.63) is 22.2 Å². The summed E-state index contributed by atoms with van der Waals surface area (Å²) in [6.07, 6.45) is 6.08. The van der Waals surface area contributed by atoms with Gasteiger partial charge in [-0.05, 0) is 38.8 Å². The van der Waals surface area contributed by atoms with E-state index in [9.17, 15) is 0 Å². The zero-order valence-corrected chi connectivity index (χ0v) is 14.8. The van der Waals surface area contributed by atoms with E-state index in [-0.39, 0.29) is 11.5 Å². The van der Waals surface area contributed by atoms with Crippen molar-refractivity contribution in [3.63, 3.8) is 0 Å². The fourth-order valence-electron chi connectivity index (χ4n) is 3.33. The van der Waals surface area contributed by atoms with Crippen LogP contribution in [0, 0.1) is 0 Å². The summed E-state index contributed by atoms with van der Waals surface area (Å²) in [7, 11) is 1.69. The van der Waals surface area contributed by atoms with Crippen molar-refractivity contribution >= 4 is 15.9 Å². The molecule has 1 aromatic rings. The number of hydrogen-bond acceptors (Lipinski definition) is 3. The molecule has 1 aliphatic rings. The summed E-state index contributed by atoms with van der Waals surface area (Å²) in [6, 6.07) is 4.01. The Hall–Kier alpha value is -0.740. The summed E-state index contributed by atoms with van der Waals surface area (Å²) >= 11 is 3.72. The van der Waals surface area contributed by atoms with Crippen LogP contribution < -0.4 is 15.2 Å². The summed E-state index contributed by atoms with van der Waals surface area (Å²) < 4.78 is 12.7. The molecule has 0 spiro atoms.